The van der Waals surface area contributed by atoms with Gasteiger partial charge in [0.15, 0.2) is 0 Å². The van der Waals surface area contributed by atoms with Crippen LogP contribution in [0.1, 0.15) is 26.3 Å². The van der Waals surface area contributed by atoms with Crippen LogP contribution in [0.25, 0.3) is 0 Å². The number of hydrogen-bond acceptors (Lipinski definition) is 3. The molecular formula is C15H20O3. The lowest BCUT2D eigenvalue weighted by Crippen LogP contribution is -2.22. The van der Waals surface area contributed by atoms with Gasteiger partial charge in [0.2, 0.25) is 0 Å². The van der Waals surface area contributed by atoms with Gasteiger partial charge in [-0.15, -0.1) is 0 Å². The van der Waals surface area contributed by atoms with Gasteiger partial charge in [-0.1, -0.05) is 24.0 Å². The first kappa shape index (κ1) is 14.6. The Morgan fingerprint density at radius 2 is 1.89 bits per heavy atom. The van der Waals surface area contributed by atoms with Crippen LogP contribution in [-0.4, -0.2) is 30.5 Å². The second-order valence-corrected chi connectivity index (χ2v) is 4.77. The SMILES string of the molecule is CC(C)(C)OCCOc1ccccc1C#CCO. The van der Waals surface area contributed by atoms with E-state index in [0.717, 1.165) is 11.3 Å². The van der Waals surface area contributed by atoms with Crippen molar-refractivity contribution >= 4 is 0 Å². The van der Waals surface area contributed by atoms with E-state index in [1.807, 2.05) is 45.0 Å². The molecule has 0 spiro atoms. The van der Waals surface area contributed by atoms with E-state index in [4.69, 9.17) is 14.6 Å². The zero-order chi connectivity index (χ0) is 13.4. The van der Waals surface area contributed by atoms with Crippen molar-refractivity contribution in [2.75, 3.05) is 19.8 Å². The Hall–Kier alpha value is -1.50. The molecule has 0 aliphatic heterocycles. The fraction of sp³-hybridized carbons (Fsp3) is 0.467. The first-order valence-corrected chi connectivity index (χ1v) is 5.98. The van der Waals surface area contributed by atoms with E-state index in [9.17, 15) is 0 Å². The minimum Gasteiger partial charge on any atom is -0.490 e. The summed E-state index contributed by atoms with van der Waals surface area (Å²) in [6.07, 6.45) is 0. The monoisotopic (exact) mass is 248 g/mol. The third-order valence-electron chi connectivity index (χ3n) is 2.07. The molecule has 1 aromatic rings. The Labute approximate surface area is 109 Å². The van der Waals surface area contributed by atoms with Crippen molar-refractivity contribution in [3.05, 3.63) is 29.8 Å². The van der Waals surface area contributed by atoms with Crippen molar-refractivity contribution in [1.29, 1.82) is 0 Å². The predicted octanol–water partition coefficient (Wildman–Crippen LogP) is 2.22. The molecule has 1 rings (SSSR count). The zero-order valence-electron chi connectivity index (χ0n) is 11.2. The number of hydrogen-bond donors (Lipinski definition) is 1. The van der Waals surface area contributed by atoms with Crippen LogP contribution < -0.4 is 4.74 Å². The molecule has 0 radical (unpaired) electrons. The highest BCUT2D eigenvalue weighted by Gasteiger charge is 2.09. The lowest BCUT2D eigenvalue weighted by molar-refractivity contribution is -0.0163. The summed E-state index contributed by atoms with van der Waals surface area (Å²) in [6.45, 7) is 6.89. The van der Waals surface area contributed by atoms with Gasteiger partial charge in [0, 0.05) is 0 Å². The fourth-order valence-corrected chi connectivity index (χ4v) is 1.33. The number of benzene rings is 1. The molecule has 1 aromatic carbocycles. The number of para-hydroxylation sites is 1. The van der Waals surface area contributed by atoms with Gasteiger partial charge in [0.1, 0.15) is 19.0 Å². The molecule has 0 aromatic heterocycles. The van der Waals surface area contributed by atoms with Gasteiger partial charge < -0.3 is 14.6 Å². The third-order valence-corrected chi connectivity index (χ3v) is 2.07. The van der Waals surface area contributed by atoms with Gasteiger partial charge in [0.05, 0.1) is 17.8 Å². The zero-order valence-corrected chi connectivity index (χ0v) is 11.2. The Kier molecular flexibility index (Phi) is 5.70. The average molecular weight is 248 g/mol. The summed E-state index contributed by atoms with van der Waals surface area (Å²) in [5.41, 5.74) is 0.627. The second-order valence-electron chi connectivity index (χ2n) is 4.77. The lowest BCUT2D eigenvalue weighted by atomic mass is 10.2. The number of aliphatic hydroxyl groups is 1. The second kappa shape index (κ2) is 7.05. The van der Waals surface area contributed by atoms with Crippen LogP contribution in [0.15, 0.2) is 24.3 Å². The highest BCUT2D eigenvalue weighted by molar-refractivity contribution is 5.45. The maximum absolute atomic E-state index is 8.69. The number of aliphatic hydroxyl groups excluding tert-OH is 1. The minimum absolute atomic E-state index is 0.151. The van der Waals surface area contributed by atoms with Gasteiger partial charge >= 0.3 is 0 Å². The van der Waals surface area contributed by atoms with Crippen LogP contribution in [0.3, 0.4) is 0 Å². The van der Waals surface area contributed by atoms with E-state index >= 15 is 0 Å². The Balaban J connectivity index is 2.52. The highest BCUT2D eigenvalue weighted by atomic mass is 16.5. The molecule has 1 N–H and O–H groups in total. The maximum Gasteiger partial charge on any atom is 0.135 e. The highest BCUT2D eigenvalue weighted by Crippen LogP contribution is 2.16. The average Bonchev–Trinajstić information content (AvgIpc) is 2.32. The van der Waals surface area contributed by atoms with Gasteiger partial charge in [-0.3, -0.25) is 0 Å². The molecule has 0 fully saturated rings. The van der Waals surface area contributed by atoms with Crippen LogP contribution in [0.5, 0.6) is 5.75 Å². The minimum atomic E-state index is -0.153. The maximum atomic E-state index is 8.69. The van der Waals surface area contributed by atoms with Crippen LogP contribution >= 0.6 is 0 Å². The normalized spacial score (nSPS) is 10.7. The van der Waals surface area contributed by atoms with E-state index in [2.05, 4.69) is 11.8 Å². The van der Waals surface area contributed by atoms with Crippen LogP contribution in [0, 0.1) is 11.8 Å². The Morgan fingerprint density at radius 3 is 2.56 bits per heavy atom. The van der Waals surface area contributed by atoms with E-state index in [1.165, 1.54) is 0 Å². The number of ether oxygens (including phenoxy) is 2. The third kappa shape index (κ3) is 5.72. The summed E-state index contributed by atoms with van der Waals surface area (Å²) in [7, 11) is 0. The summed E-state index contributed by atoms with van der Waals surface area (Å²) in [6, 6.07) is 7.51. The molecule has 0 atom stereocenters. The molecule has 0 heterocycles. The van der Waals surface area contributed by atoms with Gasteiger partial charge in [-0.2, -0.15) is 0 Å². The van der Waals surface area contributed by atoms with E-state index in [-0.39, 0.29) is 12.2 Å². The van der Waals surface area contributed by atoms with Gasteiger partial charge in [-0.05, 0) is 32.9 Å². The first-order chi connectivity index (χ1) is 8.53. The van der Waals surface area contributed by atoms with Crippen molar-refractivity contribution in [1.82, 2.24) is 0 Å². The smallest absolute Gasteiger partial charge is 0.135 e. The molecule has 0 unspecified atom stereocenters. The Bertz CT molecular complexity index is 421. The summed E-state index contributed by atoms with van der Waals surface area (Å²) < 4.78 is 11.2. The van der Waals surface area contributed by atoms with Gasteiger partial charge in [-0.25, -0.2) is 0 Å². The standard InChI is InChI=1S/C15H20O3/c1-15(2,3)18-12-11-17-14-9-5-4-7-13(14)8-6-10-16/h4-5,7,9,16H,10-12H2,1-3H3. The quantitative estimate of drug-likeness (QED) is 0.656. The molecule has 0 bridgehead atoms. The first-order valence-electron chi connectivity index (χ1n) is 5.98. The van der Waals surface area contributed by atoms with Gasteiger partial charge in [0.25, 0.3) is 0 Å². The summed E-state index contributed by atoms with van der Waals surface area (Å²) in [5, 5.41) is 8.69. The van der Waals surface area contributed by atoms with Crippen molar-refractivity contribution in [3.63, 3.8) is 0 Å². The van der Waals surface area contributed by atoms with Crippen LogP contribution in [0.2, 0.25) is 0 Å². The van der Waals surface area contributed by atoms with E-state index < -0.39 is 0 Å². The van der Waals surface area contributed by atoms with Crippen molar-refractivity contribution < 1.29 is 14.6 Å². The number of rotatable bonds is 4. The summed E-state index contributed by atoms with van der Waals surface area (Å²) in [4.78, 5) is 0. The largest absolute Gasteiger partial charge is 0.490 e. The fourth-order valence-electron chi connectivity index (χ4n) is 1.33. The van der Waals surface area contributed by atoms with E-state index in [0.29, 0.717) is 13.2 Å². The van der Waals surface area contributed by atoms with Crippen molar-refractivity contribution in [2.24, 2.45) is 0 Å². The molecule has 0 aliphatic carbocycles. The lowest BCUT2D eigenvalue weighted by Gasteiger charge is -2.19. The molecule has 3 nitrogen and oxygen atoms in total. The molecule has 0 saturated carbocycles. The predicted molar refractivity (Wildman–Crippen MR) is 71.6 cm³/mol. The van der Waals surface area contributed by atoms with E-state index in [1.54, 1.807) is 0 Å². The molecular weight excluding hydrogens is 228 g/mol. The molecule has 18 heavy (non-hydrogen) atoms. The Morgan fingerprint density at radius 1 is 1.17 bits per heavy atom. The molecule has 0 aliphatic rings. The molecule has 98 valence electrons. The van der Waals surface area contributed by atoms with Crippen LogP contribution in [-0.2, 0) is 4.74 Å². The topological polar surface area (TPSA) is 38.7 Å². The molecule has 3 heteroatoms. The van der Waals surface area contributed by atoms with Crippen molar-refractivity contribution in [3.8, 4) is 17.6 Å². The summed E-state index contributed by atoms with van der Waals surface area (Å²) in [5.74, 6) is 6.19. The van der Waals surface area contributed by atoms with Crippen LogP contribution in [0.4, 0.5) is 0 Å². The van der Waals surface area contributed by atoms with Crippen molar-refractivity contribution in [2.45, 2.75) is 26.4 Å². The molecule has 0 saturated heterocycles. The summed E-state index contributed by atoms with van der Waals surface area (Å²) >= 11 is 0. The molecule has 0 amide bonds.